The molecule has 0 bridgehead atoms. The van der Waals surface area contributed by atoms with Crippen LogP contribution in [0.4, 0.5) is 11.4 Å². The number of halogens is 1. The van der Waals surface area contributed by atoms with Gasteiger partial charge in [0, 0.05) is 21.2 Å². The van der Waals surface area contributed by atoms with Crippen molar-refractivity contribution < 1.29 is 9.59 Å². The Hall–Kier alpha value is -5.44. The van der Waals surface area contributed by atoms with Crippen molar-refractivity contribution in [3.8, 4) is 0 Å². The number of benzene rings is 7. The second kappa shape index (κ2) is 21.4. The topological polar surface area (TPSA) is 58.2 Å². The minimum Gasteiger partial charge on any atom is -0.324 e. The average molecular weight is 1140 g/mol. The Morgan fingerprint density at radius 3 is 0.592 bits per heavy atom. The number of hydrogen-bond acceptors (Lipinski definition) is 3. The summed E-state index contributed by atoms with van der Waals surface area (Å²) in [4.78, 5) is 33.3. The Labute approximate surface area is 473 Å². The van der Waals surface area contributed by atoms with Gasteiger partial charge < -0.3 is 10.6 Å². The van der Waals surface area contributed by atoms with Crippen LogP contribution in [-0.4, -0.2) is 11.8 Å². The van der Waals surface area contributed by atoms with Gasteiger partial charge in [0.2, 0.25) is 11.8 Å². The standard InChI is InChI=1S/C70H83IN2O2S/c1-63(2,3)46-22-34-52(35-23-46)69(53-36-24-47(25-37-53)64(4,5)6,54-38-26-48(27-39-54)65(7,8)9)61(74)72-58-20-19-21-59(60(58)76-71)73-62(75)70(55-40-28-49(29-41-55)66(10,11)12,56-42-30-50(31-43-56)67(13,14)15)57-44-32-51(33-45-57)68(16,17)18/h19-45H,1-18H3,(H,72,74)(H,73,75). The largest absolute Gasteiger partial charge is 0.324 e. The van der Waals surface area contributed by atoms with E-state index in [1.807, 2.05) is 18.2 Å². The van der Waals surface area contributed by atoms with E-state index in [0.29, 0.717) is 11.4 Å². The second-order valence-electron chi connectivity index (χ2n) is 27.1. The van der Waals surface area contributed by atoms with Crippen molar-refractivity contribution in [3.63, 3.8) is 0 Å². The van der Waals surface area contributed by atoms with Crippen LogP contribution in [0.3, 0.4) is 0 Å². The van der Waals surface area contributed by atoms with E-state index in [1.54, 1.807) is 0 Å². The first-order valence-electron chi connectivity index (χ1n) is 26.9. The normalized spacial score (nSPS) is 13.1. The van der Waals surface area contributed by atoms with Crippen LogP contribution in [0.5, 0.6) is 0 Å². The van der Waals surface area contributed by atoms with E-state index in [1.165, 1.54) is 42.3 Å². The van der Waals surface area contributed by atoms with Gasteiger partial charge in [-0.25, -0.2) is 0 Å². The fourth-order valence-corrected chi connectivity index (χ4v) is 12.2. The predicted molar refractivity (Wildman–Crippen MR) is 334 cm³/mol. The number of rotatable bonds is 11. The van der Waals surface area contributed by atoms with E-state index in [0.717, 1.165) is 38.3 Å². The quantitative estimate of drug-likeness (QED) is 0.100. The Bertz CT molecular complexity index is 2650. The summed E-state index contributed by atoms with van der Waals surface area (Å²) in [7, 11) is 1.47. The summed E-state index contributed by atoms with van der Waals surface area (Å²) in [6.45, 7) is 39.8. The molecule has 0 aliphatic heterocycles. The van der Waals surface area contributed by atoms with Crippen LogP contribution in [0, 0.1) is 0 Å². The monoisotopic (exact) mass is 1140 g/mol. The number of amides is 2. The Morgan fingerprint density at radius 1 is 0.289 bits per heavy atom. The lowest BCUT2D eigenvalue weighted by Crippen LogP contribution is -2.43. The van der Waals surface area contributed by atoms with Gasteiger partial charge in [-0.05, 0) is 120 Å². The molecule has 6 heteroatoms. The van der Waals surface area contributed by atoms with E-state index in [-0.39, 0.29) is 44.3 Å². The van der Waals surface area contributed by atoms with Crippen LogP contribution in [0.15, 0.2) is 169 Å². The molecule has 0 aliphatic carbocycles. The molecule has 4 nitrogen and oxygen atoms in total. The van der Waals surface area contributed by atoms with Gasteiger partial charge in [0.1, 0.15) is 10.8 Å². The first-order chi connectivity index (χ1) is 35.2. The summed E-state index contributed by atoms with van der Waals surface area (Å²) in [5.41, 5.74) is 10.3. The maximum absolute atomic E-state index is 16.3. The highest BCUT2D eigenvalue weighted by Gasteiger charge is 2.47. The summed E-state index contributed by atoms with van der Waals surface area (Å²) in [5, 5.41) is 7.05. The zero-order valence-corrected chi connectivity index (χ0v) is 51.7. The highest BCUT2D eigenvalue weighted by molar-refractivity contribution is 14.2. The first kappa shape index (κ1) is 58.2. The first-order valence-corrected chi connectivity index (χ1v) is 30.3. The lowest BCUT2D eigenvalue weighted by atomic mass is 9.67. The van der Waals surface area contributed by atoms with Crippen LogP contribution in [0.1, 0.15) is 191 Å². The average Bonchev–Trinajstić information content (AvgIpc) is 3.34. The van der Waals surface area contributed by atoms with Crippen molar-refractivity contribution in [3.05, 3.63) is 231 Å². The smallest absolute Gasteiger partial charge is 0.244 e. The highest BCUT2D eigenvalue weighted by atomic mass is 127. The molecule has 0 fully saturated rings. The highest BCUT2D eigenvalue weighted by Crippen LogP contribution is 2.47. The van der Waals surface area contributed by atoms with Gasteiger partial charge in [0.25, 0.3) is 0 Å². The molecule has 0 spiro atoms. The molecule has 7 aromatic carbocycles. The van der Waals surface area contributed by atoms with Crippen molar-refractivity contribution in [1.29, 1.82) is 0 Å². The number of hydrogen-bond donors (Lipinski definition) is 2. The van der Waals surface area contributed by atoms with Gasteiger partial charge in [-0.3, -0.25) is 9.59 Å². The molecule has 7 rings (SSSR count). The van der Waals surface area contributed by atoms with Crippen LogP contribution < -0.4 is 10.6 Å². The Balaban J connectivity index is 1.44. The van der Waals surface area contributed by atoms with Crippen LogP contribution in [0.25, 0.3) is 0 Å². The molecule has 2 N–H and O–H groups in total. The molecule has 0 unspecified atom stereocenters. The van der Waals surface area contributed by atoms with E-state index in [9.17, 15) is 0 Å². The fraction of sp³-hybridized carbons (Fsp3) is 0.371. The van der Waals surface area contributed by atoms with Gasteiger partial charge in [-0.15, -0.1) is 0 Å². The lowest BCUT2D eigenvalue weighted by Gasteiger charge is -2.37. The molecule has 398 valence electrons. The maximum atomic E-state index is 16.3. The van der Waals surface area contributed by atoms with Crippen LogP contribution in [-0.2, 0) is 52.9 Å². The van der Waals surface area contributed by atoms with Crippen molar-refractivity contribution >= 4 is 53.3 Å². The summed E-state index contributed by atoms with van der Waals surface area (Å²) in [6.07, 6.45) is 0. The molecule has 0 aromatic heterocycles. The van der Waals surface area contributed by atoms with Gasteiger partial charge in [0.05, 0.1) is 16.3 Å². The summed E-state index contributed by atoms with van der Waals surface area (Å²) in [5.74, 6) is -0.409. The molecule has 0 atom stereocenters. The van der Waals surface area contributed by atoms with Crippen molar-refractivity contribution in [2.24, 2.45) is 0 Å². The predicted octanol–water partition coefficient (Wildman–Crippen LogP) is 18.9. The molecule has 0 saturated carbocycles. The summed E-state index contributed by atoms with van der Waals surface area (Å²) < 4.78 is 0. The molecule has 0 heterocycles. The number of carbonyl (C=O) groups is 2. The molecule has 2 amide bonds. The van der Waals surface area contributed by atoms with Crippen molar-refractivity contribution in [2.75, 3.05) is 10.6 Å². The third-order valence-corrected chi connectivity index (χ3v) is 17.3. The second-order valence-corrected chi connectivity index (χ2v) is 29.0. The number of anilines is 2. The molecule has 0 aliphatic rings. The number of carbonyl (C=O) groups excluding carboxylic acids is 2. The van der Waals surface area contributed by atoms with Gasteiger partial charge in [-0.1, -0.05) is 276 Å². The zero-order chi connectivity index (χ0) is 56.0. The summed E-state index contributed by atoms with van der Waals surface area (Å²) in [6, 6.07) is 57.5. The zero-order valence-electron chi connectivity index (χ0n) is 48.7. The fourth-order valence-electron chi connectivity index (χ4n) is 10.4. The number of nitrogens with one attached hydrogen (secondary N) is 2. The van der Waals surface area contributed by atoms with Crippen LogP contribution >= 0.6 is 30.1 Å². The molecule has 7 aromatic rings. The molecule has 0 radical (unpaired) electrons. The third-order valence-electron chi connectivity index (χ3n) is 15.4. The molecule has 0 saturated heterocycles. The van der Waals surface area contributed by atoms with E-state index >= 15 is 9.59 Å². The van der Waals surface area contributed by atoms with Gasteiger partial charge >= 0.3 is 0 Å². The maximum Gasteiger partial charge on any atom is 0.244 e. The summed E-state index contributed by atoms with van der Waals surface area (Å²) >= 11 is 2.29. The van der Waals surface area contributed by atoms with Crippen molar-refractivity contribution in [1.82, 2.24) is 0 Å². The van der Waals surface area contributed by atoms with E-state index < -0.39 is 10.8 Å². The van der Waals surface area contributed by atoms with E-state index in [2.05, 4.69) is 302 Å². The van der Waals surface area contributed by atoms with Gasteiger partial charge in [0.15, 0.2) is 0 Å². The Kier molecular flexibility index (Phi) is 16.4. The molecular weight excluding hydrogens is 1060 g/mol. The lowest BCUT2D eigenvalue weighted by molar-refractivity contribution is -0.119. The molecule has 76 heavy (non-hydrogen) atoms. The molecular formula is C70H83IN2O2S. The minimum absolute atomic E-state index is 0.0946. The van der Waals surface area contributed by atoms with Gasteiger partial charge in [-0.2, -0.15) is 0 Å². The van der Waals surface area contributed by atoms with E-state index in [4.69, 9.17) is 0 Å². The van der Waals surface area contributed by atoms with Crippen molar-refractivity contribution in [2.45, 2.75) is 173 Å². The SMILES string of the molecule is CC(C)(C)c1ccc(C(C(=O)Nc2cccc(NC(=O)C(c3ccc(C(C)(C)C)cc3)(c3ccc(C(C)(C)C)cc3)c3ccc(C(C)(C)C)cc3)c2SI)(c2ccc(C(C)(C)C)cc2)c2ccc(C(C)(C)C)cc2)cc1. The van der Waals surface area contributed by atoms with Crippen LogP contribution in [0.2, 0.25) is 0 Å². The third kappa shape index (κ3) is 11.8. The Morgan fingerprint density at radius 2 is 0.447 bits per heavy atom. The minimum atomic E-state index is -1.29.